The maximum atomic E-state index is 6.82. The molecule has 288 valence electrons. The topological polar surface area (TPSA) is 56.7 Å². The highest BCUT2D eigenvalue weighted by Crippen LogP contribution is 2.42. The van der Waals surface area contributed by atoms with E-state index < -0.39 is 0 Å². The summed E-state index contributed by atoms with van der Waals surface area (Å²) in [5, 5.41) is 11.4. The zero-order valence-corrected chi connectivity index (χ0v) is 33.3. The van der Waals surface area contributed by atoms with Gasteiger partial charge in [-0.2, -0.15) is 0 Å². The van der Waals surface area contributed by atoms with Crippen LogP contribution in [0.5, 0.6) is 0 Å². The van der Waals surface area contributed by atoms with E-state index in [0.29, 0.717) is 17.5 Å². The highest BCUT2D eigenvalue weighted by Gasteiger charge is 2.23. The first-order valence-corrected chi connectivity index (χ1v) is 20.9. The third-order valence-electron chi connectivity index (χ3n) is 12.4. The van der Waals surface area contributed by atoms with E-state index in [9.17, 15) is 0 Å². The van der Waals surface area contributed by atoms with Gasteiger partial charge in [0.1, 0.15) is 11.2 Å². The molecule has 3 aromatic heterocycles. The minimum atomic E-state index is 0.534. The van der Waals surface area contributed by atoms with Gasteiger partial charge in [-0.15, -0.1) is 0 Å². The van der Waals surface area contributed by atoms with E-state index in [1.807, 2.05) is 18.2 Å². The van der Waals surface area contributed by atoms with Gasteiger partial charge in [-0.05, 0) is 85.9 Å². The maximum Gasteiger partial charge on any atom is 0.167 e. The molecule has 0 N–H and O–H groups in total. The number of para-hydroxylation sites is 2. The Hall–Kier alpha value is -8.41. The number of hydrogen-bond acceptors (Lipinski definition) is 4. The lowest BCUT2D eigenvalue weighted by atomic mass is 9.96. The van der Waals surface area contributed by atoms with Crippen LogP contribution in [0.3, 0.4) is 0 Å². The van der Waals surface area contributed by atoms with Gasteiger partial charge in [-0.25, -0.2) is 15.0 Å². The second-order valence-corrected chi connectivity index (χ2v) is 16.0. The zero-order valence-electron chi connectivity index (χ0n) is 33.3. The molecule has 0 unspecified atom stereocenters. The van der Waals surface area contributed by atoms with E-state index in [4.69, 9.17) is 19.4 Å². The Morgan fingerprint density at radius 3 is 1.71 bits per heavy atom. The Kier molecular flexibility index (Phi) is 7.54. The fourth-order valence-corrected chi connectivity index (χ4v) is 9.47. The molecule has 13 aromatic rings. The van der Waals surface area contributed by atoms with Crippen LogP contribution in [-0.2, 0) is 0 Å². The van der Waals surface area contributed by atoms with E-state index in [0.717, 1.165) is 82.6 Å². The Balaban J connectivity index is 1.11. The molecular formula is C57H34N4O. The lowest BCUT2D eigenvalue weighted by molar-refractivity contribution is 0.669. The van der Waals surface area contributed by atoms with Crippen molar-refractivity contribution in [3.63, 3.8) is 0 Å². The molecule has 0 aliphatic heterocycles. The average Bonchev–Trinajstić information content (AvgIpc) is 3.88. The van der Waals surface area contributed by atoms with Crippen LogP contribution in [-0.4, -0.2) is 19.5 Å². The SMILES string of the molecule is c1ccc(-c2ccc(-c3nc(-c4cc5ccccc5c5ccccc45)nc(-c4cc(-n5c6ccccc6c6cc7ccccc7cc65)cc5c4oc4ccccc45)n3)cc2)cc1. The van der Waals surface area contributed by atoms with Crippen LogP contribution in [0.4, 0.5) is 0 Å². The van der Waals surface area contributed by atoms with Crippen LogP contribution in [0, 0.1) is 0 Å². The Morgan fingerprint density at radius 2 is 0.903 bits per heavy atom. The number of fused-ring (bicyclic) bond motifs is 10. The van der Waals surface area contributed by atoms with Gasteiger partial charge in [0, 0.05) is 38.4 Å². The monoisotopic (exact) mass is 790 g/mol. The molecule has 0 spiro atoms. The third-order valence-corrected chi connectivity index (χ3v) is 12.4. The molecule has 5 nitrogen and oxygen atoms in total. The van der Waals surface area contributed by atoms with Crippen molar-refractivity contribution in [2.75, 3.05) is 0 Å². The Morgan fingerprint density at radius 1 is 0.323 bits per heavy atom. The first-order chi connectivity index (χ1) is 30.7. The van der Waals surface area contributed by atoms with Crippen molar-refractivity contribution in [3.05, 3.63) is 206 Å². The number of aromatic nitrogens is 4. The molecule has 5 heteroatoms. The molecule has 0 fully saturated rings. The predicted molar refractivity (Wildman–Crippen MR) is 256 cm³/mol. The smallest absolute Gasteiger partial charge is 0.167 e. The molecule has 0 aliphatic carbocycles. The van der Waals surface area contributed by atoms with Gasteiger partial charge >= 0.3 is 0 Å². The van der Waals surface area contributed by atoms with Crippen molar-refractivity contribution in [1.29, 1.82) is 0 Å². The molecule has 13 rings (SSSR count). The summed E-state index contributed by atoms with van der Waals surface area (Å²) >= 11 is 0. The van der Waals surface area contributed by atoms with Crippen LogP contribution in [0.25, 0.3) is 127 Å². The number of nitrogens with zero attached hydrogens (tertiary/aromatic N) is 4. The molecule has 3 heterocycles. The molecule has 0 bridgehead atoms. The first-order valence-electron chi connectivity index (χ1n) is 20.9. The van der Waals surface area contributed by atoms with Gasteiger partial charge in [0.05, 0.1) is 16.6 Å². The van der Waals surface area contributed by atoms with Gasteiger partial charge in [-0.1, -0.05) is 164 Å². The lowest BCUT2D eigenvalue weighted by Gasteiger charge is -2.14. The predicted octanol–water partition coefficient (Wildman–Crippen LogP) is 15.0. The van der Waals surface area contributed by atoms with Crippen molar-refractivity contribution in [1.82, 2.24) is 19.5 Å². The summed E-state index contributed by atoms with van der Waals surface area (Å²) in [7, 11) is 0. The largest absolute Gasteiger partial charge is 0.455 e. The van der Waals surface area contributed by atoms with E-state index in [1.165, 1.54) is 26.9 Å². The van der Waals surface area contributed by atoms with Crippen LogP contribution in [0.15, 0.2) is 211 Å². The lowest BCUT2D eigenvalue weighted by Crippen LogP contribution is -2.02. The standard InChI is InChI=1S/C57H34N4O/c1-2-14-35(15-3-1)36-26-28-37(29-27-36)55-58-56(49-31-40-18-6-7-19-42(40)43-20-8-9-21-44(43)49)60-57(59-55)50-34-41(33-48-46-23-11-13-25-53(46)62-54(48)50)61-51-24-12-10-22-45(51)47-30-38-16-4-5-17-39(38)32-52(47)61/h1-34H. The molecule has 62 heavy (non-hydrogen) atoms. The molecule has 0 aliphatic rings. The fraction of sp³-hybridized carbons (Fsp3) is 0. The van der Waals surface area contributed by atoms with Gasteiger partial charge in [-0.3, -0.25) is 0 Å². The zero-order chi connectivity index (χ0) is 40.7. The van der Waals surface area contributed by atoms with Crippen molar-refractivity contribution >= 4 is 76.1 Å². The van der Waals surface area contributed by atoms with Crippen LogP contribution in [0.2, 0.25) is 0 Å². The minimum Gasteiger partial charge on any atom is -0.455 e. The third kappa shape index (κ3) is 5.38. The van der Waals surface area contributed by atoms with Crippen LogP contribution < -0.4 is 0 Å². The molecule has 0 amide bonds. The summed E-state index contributed by atoms with van der Waals surface area (Å²) in [5.74, 6) is 1.71. The van der Waals surface area contributed by atoms with E-state index in [-0.39, 0.29) is 0 Å². The summed E-state index contributed by atoms with van der Waals surface area (Å²) in [4.78, 5) is 16.1. The van der Waals surface area contributed by atoms with Crippen molar-refractivity contribution < 1.29 is 4.42 Å². The van der Waals surface area contributed by atoms with Crippen LogP contribution in [0.1, 0.15) is 0 Å². The Bertz CT molecular complexity index is 3920. The molecule has 0 saturated heterocycles. The van der Waals surface area contributed by atoms with Crippen molar-refractivity contribution in [2.24, 2.45) is 0 Å². The van der Waals surface area contributed by atoms with Crippen molar-refractivity contribution in [2.45, 2.75) is 0 Å². The molecule has 10 aromatic carbocycles. The number of rotatable bonds is 5. The second-order valence-electron chi connectivity index (χ2n) is 16.0. The van der Waals surface area contributed by atoms with E-state index in [2.05, 4.69) is 193 Å². The van der Waals surface area contributed by atoms with Gasteiger partial charge < -0.3 is 8.98 Å². The fourth-order valence-electron chi connectivity index (χ4n) is 9.47. The summed E-state index contributed by atoms with van der Waals surface area (Å²) < 4.78 is 9.20. The summed E-state index contributed by atoms with van der Waals surface area (Å²) in [6.07, 6.45) is 0. The summed E-state index contributed by atoms with van der Waals surface area (Å²) in [6, 6.07) is 72.8. The van der Waals surface area contributed by atoms with Gasteiger partial charge in [0.15, 0.2) is 17.5 Å². The number of furan rings is 1. The Labute approximate surface area is 355 Å². The maximum absolute atomic E-state index is 6.82. The number of benzene rings is 10. The normalized spacial score (nSPS) is 11.9. The quantitative estimate of drug-likeness (QED) is 0.163. The van der Waals surface area contributed by atoms with Gasteiger partial charge in [0.2, 0.25) is 0 Å². The van der Waals surface area contributed by atoms with E-state index in [1.54, 1.807) is 0 Å². The molecular weight excluding hydrogens is 757 g/mol. The number of hydrogen-bond donors (Lipinski definition) is 0. The average molecular weight is 791 g/mol. The van der Waals surface area contributed by atoms with E-state index >= 15 is 0 Å². The highest BCUT2D eigenvalue weighted by atomic mass is 16.3. The molecule has 0 saturated carbocycles. The summed E-state index contributed by atoms with van der Waals surface area (Å²) in [5.41, 5.74) is 9.68. The van der Waals surface area contributed by atoms with Crippen molar-refractivity contribution in [3.8, 4) is 51.0 Å². The molecule has 0 radical (unpaired) electrons. The summed E-state index contributed by atoms with van der Waals surface area (Å²) in [6.45, 7) is 0. The van der Waals surface area contributed by atoms with Crippen LogP contribution >= 0.6 is 0 Å². The highest BCUT2D eigenvalue weighted by molar-refractivity contribution is 6.16. The molecule has 0 atom stereocenters. The minimum absolute atomic E-state index is 0.534. The van der Waals surface area contributed by atoms with Gasteiger partial charge in [0.25, 0.3) is 0 Å². The second kappa shape index (κ2) is 13.6. The first kappa shape index (κ1) is 34.5.